The third-order valence-electron chi connectivity index (χ3n) is 6.81. The largest absolute Gasteiger partial charge is 0.416 e. The van der Waals surface area contributed by atoms with E-state index in [1.807, 2.05) is 0 Å². The van der Waals surface area contributed by atoms with Crippen LogP contribution in [-0.4, -0.2) is 68.1 Å². The van der Waals surface area contributed by atoms with Crippen LogP contribution in [0.3, 0.4) is 0 Å². The molecule has 3 heterocycles. The summed E-state index contributed by atoms with van der Waals surface area (Å²) < 4.78 is 42.0. The molecule has 1 atom stereocenters. The maximum absolute atomic E-state index is 13.5. The number of β-amino-alcohol motifs (C(OH)–C–C–N with tert-alkyl or cyclic N) is 1. The number of aliphatic hydroxyl groups is 1. The van der Waals surface area contributed by atoms with Crippen molar-refractivity contribution >= 4 is 51.5 Å². The number of fused-ring (bicyclic) bond motifs is 1. The number of aromatic nitrogens is 2. The van der Waals surface area contributed by atoms with Gasteiger partial charge in [-0.1, -0.05) is 23.7 Å². The maximum atomic E-state index is 13.5. The van der Waals surface area contributed by atoms with Crippen LogP contribution in [0.4, 0.5) is 18.0 Å². The first-order valence-electron chi connectivity index (χ1n) is 12.1. The first kappa shape index (κ1) is 26.7. The van der Waals surface area contributed by atoms with Crippen LogP contribution in [0.1, 0.15) is 29.5 Å². The number of likely N-dealkylation sites (tertiary alicyclic amines) is 1. The van der Waals surface area contributed by atoms with Crippen LogP contribution in [0.5, 0.6) is 0 Å². The molecular weight excluding hydrogens is 541 g/mol. The maximum Gasteiger partial charge on any atom is 0.416 e. The number of hydrogen-bond acceptors (Lipinski definition) is 6. The van der Waals surface area contributed by atoms with E-state index in [1.54, 1.807) is 30.5 Å². The van der Waals surface area contributed by atoms with Crippen molar-refractivity contribution in [2.24, 2.45) is 0 Å². The van der Waals surface area contributed by atoms with Crippen molar-refractivity contribution in [1.29, 1.82) is 0 Å². The van der Waals surface area contributed by atoms with Gasteiger partial charge in [-0.05, 0) is 72.6 Å². The summed E-state index contributed by atoms with van der Waals surface area (Å²) in [4.78, 5) is 29.3. The molecule has 2 amide bonds. The van der Waals surface area contributed by atoms with Crippen molar-refractivity contribution in [2.45, 2.75) is 31.6 Å². The lowest BCUT2D eigenvalue weighted by atomic mass is 10.1. The molecule has 3 aromatic rings. The zero-order valence-corrected chi connectivity index (χ0v) is 21.7. The van der Waals surface area contributed by atoms with Crippen LogP contribution in [0.2, 0.25) is 5.02 Å². The third kappa shape index (κ3) is 5.47. The molecule has 0 bridgehead atoms. The van der Waals surface area contributed by atoms with Gasteiger partial charge in [0.2, 0.25) is 0 Å². The number of aliphatic hydroxyl groups excluding tert-OH is 1. The third-order valence-corrected chi connectivity index (χ3v) is 7.96. The number of rotatable bonds is 7. The number of imide groups is 1. The van der Waals surface area contributed by atoms with Crippen LogP contribution in [0.25, 0.3) is 17.0 Å². The summed E-state index contributed by atoms with van der Waals surface area (Å²) in [6, 6.07) is 8.95. The number of carbonyl (C=O) groups excluding carboxylic acids is 2. The van der Waals surface area contributed by atoms with E-state index < -0.39 is 11.7 Å². The highest BCUT2D eigenvalue weighted by Crippen LogP contribution is 2.36. The number of benzene rings is 2. The fourth-order valence-corrected chi connectivity index (χ4v) is 6.00. The molecule has 0 radical (unpaired) electrons. The van der Waals surface area contributed by atoms with Crippen LogP contribution >= 0.6 is 23.4 Å². The quantitative estimate of drug-likeness (QED) is 0.395. The molecule has 5 rings (SSSR count). The fraction of sp³-hybridized carbons (Fsp3) is 0.346. The Hall–Kier alpha value is -2.86. The summed E-state index contributed by atoms with van der Waals surface area (Å²) in [6.45, 7) is 1.57. The average Bonchev–Trinajstić information content (AvgIpc) is 3.55. The predicted octanol–water partition coefficient (Wildman–Crippen LogP) is 5.25. The SMILES string of the molecule is O=C1S/C(=C\c2ccc3c(cnn3Cc3ccc(Cl)cc3C(F)(F)F)c2)C(=O)N1C[C@@H]1CCCN1CCO. The summed E-state index contributed by atoms with van der Waals surface area (Å²) >= 11 is 6.67. The van der Waals surface area contributed by atoms with Crippen molar-refractivity contribution in [3.63, 3.8) is 0 Å². The fourth-order valence-electron chi connectivity index (χ4n) is 4.98. The molecular formula is C26H24ClF3N4O3S. The van der Waals surface area contributed by atoms with Crippen LogP contribution < -0.4 is 0 Å². The van der Waals surface area contributed by atoms with Gasteiger partial charge in [-0.3, -0.25) is 24.1 Å². The van der Waals surface area contributed by atoms with Gasteiger partial charge in [0.25, 0.3) is 11.1 Å². The molecule has 0 saturated carbocycles. The van der Waals surface area contributed by atoms with Crippen LogP contribution in [0.15, 0.2) is 47.5 Å². The summed E-state index contributed by atoms with van der Waals surface area (Å²) in [6.07, 6.45) is 0.469. The number of alkyl halides is 3. The van der Waals surface area contributed by atoms with Crippen molar-refractivity contribution < 1.29 is 27.9 Å². The van der Waals surface area contributed by atoms with E-state index in [4.69, 9.17) is 11.6 Å². The number of amides is 2. The van der Waals surface area contributed by atoms with E-state index in [9.17, 15) is 27.9 Å². The van der Waals surface area contributed by atoms with Gasteiger partial charge in [0.1, 0.15) is 0 Å². The topological polar surface area (TPSA) is 78.7 Å². The first-order chi connectivity index (χ1) is 18.1. The van der Waals surface area contributed by atoms with Gasteiger partial charge in [0, 0.05) is 29.5 Å². The highest BCUT2D eigenvalue weighted by molar-refractivity contribution is 8.18. The van der Waals surface area contributed by atoms with Gasteiger partial charge < -0.3 is 5.11 Å². The molecule has 2 aliphatic rings. The normalized spacial score (nSPS) is 20.0. The Labute approximate surface area is 225 Å². The molecule has 38 heavy (non-hydrogen) atoms. The van der Waals surface area contributed by atoms with Gasteiger partial charge >= 0.3 is 6.18 Å². The first-order valence-corrected chi connectivity index (χ1v) is 13.2. The molecule has 0 unspecified atom stereocenters. The highest BCUT2D eigenvalue weighted by atomic mass is 35.5. The van der Waals surface area contributed by atoms with Crippen molar-refractivity contribution in [2.75, 3.05) is 26.2 Å². The van der Waals surface area contributed by atoms with E-state index >= 15 is 0 Å². The number of thioether (sulfide) groups is 1. The molecule has 2 aromatic carbocycles. The Morgan fingerprint density at radius 1 is 1.18 bits per heavy atom. The molecule has 7 nitrogen and oxygen atoms in total. The van der Waals surface area contributed by atoms with Crippen molar-refractivity contribution in [1.82, 2.24) is 19.6 Å². The van der Waals surface area contributed by atoms with Crippen molar-refractivity contribution in [3.05, 3.63) is 69.2 Å². The monoisotopic (exact) mass is 564 g/mol. The smallest absolute Gasteiger partial charge is 0.395 e. The van der Waals surface area contributed by atoms with Gasteiger partial charge in [0.15, 0.2) is 0 Å². The Morgan fingerprint density at radius 2 is 2.00 bits per heavy atom. The van der Waals surface area contributed by atoms with E-state index in [1.165, 1.54) is 21.7 Å². The number of carbonyl (C=O) groups is 2. The van der Waals surface area contributed by atoms with Gasteiger partial charge in [-0.25, -0.2) is 0 Å². The van der Waals surface area contributed by atoms with Crippen LogP contribution in [0, 0.1) is 0 Å². The zero-order valence-electron chi connectivity index (χ0n) is 20.1. The number of halogens is 4. The molecule has 200 valence electrons. The molecule has 2 aliphatic heterocycles. The minimum atomic E-state index is -4.55. The van der Waals surface area contributed by atoms with E-state index in [-0.39, 0.29) is 40.9 Å². The second-order valence-corrected chi connectivity index (χ2v) is 10.7. The molecule has 12 heteroatoms. The Kier molecular flexibility index (Phi) is 7.54. The minimum Gasteiger partial charge on any atom is -0.395 e. The summed E-state index contributed by atoms with van der Waals surface area (Å²) in [5.41, 5.74) is 0.541. The molecule has 0 spiro atoms. The van der Waals surface area contributed by atoms with E-state index in [0.717, 1.165) is 37.2 Å². The van der Waals surface area contributed by atoms with Gasteiger partial charge in [0.05, 0.1) is 35.3 Å². The van der Waals surface area contributed by atoms with Crippen molar-refractivity contribution in [3.8, 4) is 0 Å². The zero-order chi connectivity index (χ0) is 27.0. The lowest BCUT2D eigenvalue weighted by Gasteiger charge is -2.26. The molecule has 1 aromatic heterocycles. The Balaban J connectivity index is 1.34. The Bertz CT molecular complexity index is 1420. The highest BCUT2D eigenvalue weighted by Gasteiger charge is 2.38. The molecule has 2 fully saturated rings. The van der Waals surface area contributed by atoms with Crippen LogP contribution in [-0.2, 0) is 17.5 Å². The van der Waals surface area contributed by atoms with E-state index in [0.29, 0.717) is 34.5 Å². The minimum absolute atomic E-state index is 0.00572. The molecule has 2 saturated heterocycles. The average molecular weight is 565 g/mol. The number of hydrogen-bond donors (Lipinski definition) is 1. The second-order valence-electron chi connectivity index (χ2n) is 9.27. The van der Waals surface area contributed by atoms with Gasteiger partial charge in [-0.15, -0.1) is 0 Å². The second kappa shape index (κ2) is 10.7. The van der Waals surface area contributed by atoms with E-state index in [2.05, 4.69) is 10.00 Å². The summed E-state index contributed by atoms with van der Waals surface area (Å²) in [5, 5.41) is 13.9. The Morgan fingerprint density at radius 3 is 2.76 bits per heavy atom. The molecule has 1 N–H and O–H groups in total. The number of nitrogens with zero attached hydrogens (tertiary/aromatic N) is 4. The van der Waals surface area contributed by atoms with Gasteiger partial charge in [-0.2, -0.15) is 18.3 Å². The predicted molar refractivity (Wildman–Crippen MR) is 140 cm³/mol. The summed E-state index contributed by atoms with van der Waals surface area (Å²) in [7, 11) is 0. The lowest BCUT2D eigenvalue weighted by Crippen LogP contribution is -2.43. The molecule has 0 aliphatic carbocycles. The lowest BCUT2D eigenvalue weighted by molar-refractivity contribution is -0.138. The standard InChI is InChI=1S/C26H24ClF3N4O3S/c27-19-5-4-17(21(12-19)26(28,29)30)14-34-22-6-3-16(10-18(22)13-31-34)11-23-24(36)33(25(37)38-23)15-20-2-1-7-32(20)8-9-35/h3-6,10-13,20,35H,1-2,7-9,14-15H2/b23-11-/t20-/m0/s1. The summed E-state index contributed by atoms with van der Waals surface area (Å²) in [5.74, 6) is -0.353.